The molecule has 2 aromatic rings. The van der Waals surface area contributed by atoms with Crippen LogP contribution in [0, 0.1) is 5.92 Å². The summed E-state index contributed by atoms with van der Waals surface area (Å²) < 4.78 is 5.83. The van der Waals surface area contributed by atoms with Crippen molar-refractivity contribution in [2.45, 2.75) is 46.1 Å². The number of ether oxygens (including phenoxy) is 1. The first-order valence-electron chi connectivity index (χ1n) is 8.55. The van der Waals surface area contributed by atoms with E-state index in [2.05, 4.69) is 13.8 Å². The molecule has 0 fully saturated rings. The lowest BCUT2D eigenvalue weighted by Gasteiger charge is -2.14. The molecule has 0 saturated carbocycles. The maximum absolute atomic E-state index is 12.7. The predicted molar refractivity (Wildman–Crippen MR) is 94.9 cm³/mol. The van der Waals surface area contributed by atoms with Crippen molar-refractivity contribution in [3.63, 3.8) is 0 Å². The minimum atomic E-state index is 0.124. The van der Waals surface area contributed by atoms with Crippen LogP contribution >= 0.6 is 0 Å². The van der Waals surface area contributed by atoms with Crippen molar-refractivity contribution in [2.24, 2.45) is 5.92 Å². The summed E-state index contributed by atoms with van der Waals surface area (Å²) in [5, 5.41) is 0. The number of unbranched alkanes of at least 4 members (excludes halogenated alkanes) is 1. The molecule has 2 nitrogen and oxygen atoms in total. The third-order valence-electron chi connectivity index (χ3n) is 4.14. The summed E-state index contributed by atoms with van der Waals surface area (Å²) in [4.78, 5) is 12.7. The van der Waals surface area contributed by atoms with Crippen LogP contribution < -0.4 is 4.74 Å². The number of hydrogen-bond donors (Lipinski definition) is 0. The Morgan fingerprint density at radius 2 is 1.83 bits per heavy atom. The van der Waals surface area contributed by atoms with E-state index in [1.54, 1.807) is 0 Å². The van der Waals surface area contributed by atoms with Crippen molar-refractivity contribution in [3.8, 4) is 5.75 Å². The number of ketones is 1. The number of hydrogen-bond acceptors (Lipinski definition) is 2. The molecule has 0 N–H and O–H groups in total. The van der Waals surface area contributed by atoms with Gasteiger partial charge in [-0.1, -0.05) is 69.2 Å². The summed E-state index contributed by atoms with van der Waals surface area (Å²) in [6.07, 6.45) is 4.10. The second kappa shape index (κ2) is 9.14. The molecule has 2 heteroatoms. The number of rotatable bonds is 9. The maximum Gasteiger partial charge on any atom is 0.166 e. The van der Waals surface area contributed by atoms with E-state index >= 15 is 0 Å². The Bertz CT molecular complexity index is 604. The van der Waals surface area contributed by atoms with E-state index in [0.717, 1.165) is 42.6 Å². The highest BCUT2D eigenvalue weighted by molar-refractivity contribution is 5.98. The second-order valence-electron chi connectivity index (χ2n) is 5.91. The third kappa shape index (κ3) is 5.24. The van der Waals surface area contributed by atoms with E-state index in [1.807, 2.05) is 54.6 Å². The number of carbonyl (C=O) groups excluding carboxylic acids is 1. The minimum Gasteiger partial charge on any atom is -0.489 e. The summed E-state index contributed by atoms with van der Waals surface area (Å²) in [7, 11) is 0. The quantitative estimate of drug-likeness (QED) is 0.558. The van der Waals surface area contributed by atoms with Gasteiger partial charge in [0, 0.05) is 11.5 Å². The van der Waals surface area contributed by atoms with Gasteiger partial charge in [-0.25, -0.2) is 0 Å². The Hall–Kier alpha value is -2.09. The molecule has 0 spiro atoms. The zero-order valence-electron chi connectivity index (χ0n) is 14.1. The van der Waals surface area contributed by atoms with E-state index in [9.17, 15) is 4.79 Å². The topological polar surface area (TPSA) is 26.3 Å². The number of Topliss-reactive ketones (excluding diaryl/α,β-unsaturated/α-hetero) is 1. The summed E-state index contributed by atoms with van der Waals surface area (Å²) in [5.74, 6) is 1.12. The van der Waals surface area contributed by atoms with Crippen molar-refractivity contribution >= 4 is 5.78 Å². The molecule has 1 unspecified atom stereocenters. The summed E-state index contributed by atoms with van der Waals surface area (Å²) in [5.41, 5.74) is 1.89. The van der Waals surface area contributed by atoms with Gasteiger partial charge >= 0.3 is 0 Å². The molecular weight excluding hydrogens is 284 g/mol. The lowest BCUT2D eigenvalue weighted by atomic mass is 9.90. The fraction of sp³-hybridized carbons (Fsp3) is 0.381. The molecule has 1 atom stereocenters. The van der Waals surface area contributed by atoms with Crippen LogP contribution in [0.15, 0.2) is 54.6 Å². The highest BCUT2D eigenvalue weighted by atomic mass is 16.5. The van der Waals surface area contributed by atoms with Crippen LogP contribution in [0.2, 0.25) is 0 Å². The maximum atomic E-state index is 12.7. The SMILES string of the molecule is CCCCC(CC)C(=O)c1cccc(OCc2ccccc2)c1. The summed E-state index contributed by atoms with van der Waals surface area (Å²) in [6.45, 7) is 4.77. The molecule has 0 aliphatic rings. The van der Waals surface area contributed by atoms with Gasteiger partial charge < -0.3 is 4.74 Å². The molecule has 2 aromatic carbocycles. The first-order valence-corrected chi connectivity index (χ1v) is 8.55. The molecule has 23 heavy (non-hydrogen) atoms. The largest absolute Gasteiger partial charge is 0.489 e. The van der Waals surface area contributed by atoms with Gasteiger partial charge in [0.15, 0.2) is 5.78 Å². The smallest absolute Gasteiger partial charge is 0.166 e. The fourth-order valence-electron chi connectivity index (χ4n) is 2.69. The Morgan fingerprint density at radius 3 is 2.52 bits per heavy atom. The highest BCUT2D eigenvalue weighted by Crippen LogP contribution is 2.22. The van der Waals surface area contributed by atoms with Crippen molar-refractivity contribution in [1.29, 1.82) is 0 Å². The zero-order valence-corrected chi connectivity index (χ0v) is 14.1. The van der Waals surface area contributed by atoms with Gasteiger partial charge in [0.25, 0.3) is 0 Å². The molecule has 0 radical (unpaired) electrons. The normalized spacial score (nSPS) is 11.9. The van der Waals surface area contributed by atoms with Gasteiger partial charge in [-0.05, 0) is 30.5 Å². The van der Waals surface area contributed by atoms with Crippen molar-refractivity contribution in [3.05, 3.63) is 65.7 Å². The molecule has 2 rings (SSSR count). The zero-order chi connectivity index (χ0) is 16.5. The van der Waals surface area contributed by atoms with Gasteiger partial charge in [0.1, 0.15) is 12.4 Å². The van der Waals surface area contributed by atoms with Crippen molar-refractivity contribution < 1.29 is 9.53 Å². The highest BCUT2D eigenvalue weighted by Gasteiger charge is 2.18. The standard InChI is InChI=1S/C21H26O2/c1-3-5-12-18(4-2)21(22)19-13-9-14-20(15-19)23-16-17-10-7-6-8-11-17/h6-11,13-15,18H,3-5,12,16H2,1-2H3. The molecule has 0 heterocycles. The average Bonchev–Trinajstić information content (AvgIpc) is 2.61. The summed E-state index contributed by atoms with van der Waals surface area (Å²) >= 11 is 0. The van der Waals surface area contributed by atoms with E-state index in [4.69, 9.17) is 4.74 Å². The fourth-order valence-corrected chi connectivity index (χ4v) is 2.69. The summed E-state index contributed by atoms with van der Waals surface area (Å²) in [6, 6.07) is 17.6. The molecule has 0 aromatic heterocycles. The van der Waals surface area contributed by atoms with Crippen LogP contribution in [-0.4, -0.2) is 5.78 Å². The van der Waals surface area contributed by atoms with E-state index < -0.39 is 0 Å². The van der Waals surface area contributed by atoms with E-state index in [1.165, 1.54) is 0 Å². The van der Waals surface area contributed by atoms with E-state index in [-0.39, 0.29) is 11.7 Å². The van der Waals surface area contributed by atoms with Crippen LogP contribution in [0.1, 0.15) is 55.5 Å². The average molecular weight is 310 g/mol. The van der Waals surface area contributed by atoms with Crippen LogP contribution in [0.3, 0.4) is 0 Å². The van der Waals surface area contributed by atoms with Gasteiger partial charge in [-0.2, -0.15) is 0 Å². The van der Waals surface area contributed by atoms with Crippen LogP contribution in [-0.2, 0) is 6.61 Å². The molecule has 0 bridgehead atoms. The molecular formula is C21H26O2. The molecule has 0 aliphatic carbocycles. The van der Waals surface area contributed by atoms with Crippen LogP contribution in [0.4, 0.5) is 0 Å². The first-order chi connectivity index (χ1) is 11.2. The number of benzene rings is 2. The van der Waals surface area contributed by atoms with Gasteiger partial charge in [0.2, 0.25) is 0 Å². The lowest BCUT2D eigenvalue weighted by molar-refractivity contribution is 0.0907. The first kappa shape index (κ1) is 17.3. The molecule has 0 aliphatic heterocycles. The monoisotopic (exact) mass is 310 g/mol. The van der Waals surface area contributed by atoms with Gasteiger partial charge in [-0.3, -0.25) is 4.79 Å². The molecule has 122 valence electrons. The van der Waals surface area contributed by atoms with Gasteiger partial charge in [0.05, 0.1) is 0 Å². The second-order valence-corrected chi connectivity index (χ2v) is 5.91. The lowest BCUT2D eigenvalue weighted by Crippen LogP contribution is -2.14. The Kier molecular flexibility index (Phi) is 6.86. The third-order valence-corrected chi connectivity index (χ3v) is 4.14. The molecule has 0 saturated heterocycles. The Labute approximate surface area is 139 Å². The predicted octanol–water partition coefficient (Wildman–Crippen LogP) is 5.66. The van der Waals surface area contributed by atoms with E-state index in [0.29, 0.717) is 6.61 Å². The number of carbonyl (C=O) groups is 1. The van der Waals surface area contributed by atoms with Gasteiger partial charge in [-0.15, -0.1) is 0 Å². The van der Waals surface area contributed by atoms with Crippen LogP contribution in [0.25, 0.3) is 0 Å². The van der Waals surface area contributed by atoms with Crippen molar-refractivity contribution in [1.82, 2.24) is 0 Å². The minimum absolute atomic E-state index is 0.124. The Balaban J connectivity index is 2.02. The Morgan fingerprint density at radius 1 is 1.04 bits per heavy atom. The van der Waals surface area contributed by atoms with Crippen molar-refractivity contribution in [2.75, 3.05) is 0 Å². The van der Waals surface area contributed by atoms with Crippen LogP contribution in [0.5, 0.6) is 5.75 Å². The molecule has 0 amide bonds.